The third-order valence-corrected chi connectivity index (χ3v) is 2.66. The van der Waals surface area contributed by atoms with Gasteiger partial charge in [-0.05, 0) is 31.0 Å². The lowest BCUT2D eigenvalue weighted by molar-refractivity contribution is 0.163. The molecule has 0 aliphatic rings. The zero-order valence-electron chi connectivity index (χ0n) is 10.0. The highest BCUT2D eigenvalue weighted by atomic mass is 32.2. The maximum absolute atomic E-state index is 11.1. The minimum Gasteiger partial charge on any atom is -0.448 e. The number of ether oxygens (including phenoxy) is 1. The molecule has 0 aromatic carbocycles. The van der Waals surface area contributed by atoms with Crippen LogP contribution in [-0.2, 0) is 4.74 Å². The van der Waals surface area contributed by atoms with E-state index in [9.17, 15) is 4.79 Å². The van der Waals surface area contributed by atoms with Crippen molar-refractivity contribution in [3.63, 3.8) is 0 Å². The van der Waals surface area contributed by atoms with Gasteiger partial charge in [-0.1, -0.05) is 6.07 Å². The molecule has 1 amide bonds. The van der Waals surface area contributed by atoms with Crippen molar-refractivity contribution in [1.29, 1.82) is 0 Å². The molecule has 0 radical (unpaired) electrons. The largest absolute Gasteiger partial charge is 0.448 e. The molecule has 0 aliphatic carbocycles. The Morgan fingerprint density at radius 3 is 3.11 bits per heavy atom. The fraction of sp³-hybridized carbons (Fsp3) is 0.364. The van der Waals surface area contributed by atoms with Crippen LogP contribution in [0, 0.1) is 0 Å². The molecule has 7 heteroatoms. The monoisotopic (exact) mass is 269 g/mol. The molecule has 0 unspecified atom stereocenters. The van der Waals surface area contributed by atoms with E-state index in [4.69, 9.17) is 9.84 Å². The Balaban J connectivity index is 2.70. The number of rotatable bonds is 6. The van der Waals surface area contributed by atoms with Crippen molar-refractivity contribution in [2.24, 2.45) is 4.99 Å². The summed E-state index contributed by atoms with van der Waals surface area (Å²) in [6.45, 7) is 2.02. The number of nitrogens with zero attached hydrogens (tertiary/aromatic N) is 3. The van der Waals surface area contributed by atoms with Gasteiger partial charge in [0, 0.05) is 11.9 Å². The second-order valence-corrected chi connectivity index (χ2v) is 4.07. The highest BCUT2D eigenvalue weighted by molar-refractivity contribution is 8.01. The van der Waals surface area contributed by atoms with Crippen LogP contribution in [0.15, 0.2) is 29.4 Å². The van der Waals surface area contributed by atoms with Gasteiger partial charge in [0.1, 0.15) is 12.2 Å². The van der Waals surface area contributed by atoms with Crippen molar-refractivity contribution in [2.45, 2.75) is 6.92 Å². The quantitative estimate of drug-likeness (QED) is 0.481. The highest BCUT2D eigenvalue weighted by Crippen LogP contribution is 2.17. The first-order valence-electron chi connectivity index (χ1n) is 5.43. The van der Waals surface area contributed by atoms with Gasteiger partial charge in [-0.3, -0.25) is 4.31 Å². The standard InChI is InChI=1S/C11H15N3O3S/c1-2-17-11(16)13-9-14(18-8-7-15)10-5-3-4-6-12-10/h3-6,9,15H,2,7-8H2,1H3/b13-9-. The molecule has 0 saturated carbocycles. The predicted molar refractivity (Wildman–Crippen MR) is 71.8 cm³/mol. The summed E-state index contributed by atoms with van der Waals surface area (Å²) in [5.74, 6) is 1.11. The molecule has 1 N–H and O–H groups in total. The van der Waals surface area contributed by atoms with Gasteiger partial charge in [0.2, 0.25) is 0 Å². The molecule has 18 heavy (non-hydrogen) atoms. The summed E-state index contributed by atoms with van der Waals surface area (Å²) < 4.78 is 6.29. The number of pyridine rings is 1. The number of aliphatic imine (C=N–C) groups is 1. The summed E-state index contributed by atoms with van der Waals surface area (Å²) in [5, 5.41) is 8.82. The van der Waals surface area contributed by atoms with Gasteiger partial charge in [0.15, 0.2) is 0 Å². The predicted octanol–water partition coefficient (Wildman–Crippen LogP) is 1.71. The smallest absolute Gasteiger partial charge is 0.435 e. The molecule has 0 fully saturated rings. The lowest BCUT2D eigenvalue weighted by atomic mass is 10.5. The van der Waals surface area contributed by atoms with Crippen LogP contribution in [0.25, 0.3) is 0 Å². The van der Waals surface area contributed by atoms with Crippen LogP contribution in [0.1, 0.15) is 6.92 Å². The van der Waals surface area contributed by atoms with Gasteiger partial charge in [-0.2, -0.15) is 4.99 Å². The van der Waals surface area contributed by atoms with Crippen molar-refractivity contribution in [3.8, 4) is 0 Å². The number of carbonyl (C=O) groups excluding carboxylic acids is 1. The summed E-state index contributed by atoms with van der Waals surface area (Å²) in [6, 6.07) is 5.40. The summed E-state index contributed by atoms with van der Waals surface area (Å²) >= 11 is 1.30. The summed E-state index contributed by atoms with van der Waals surface area (Å²) in [5.41, 5.74) is 0. The van der Waals surface area contributed by atoms with E-state index in [2.05, 4.69) is 9.98 Å². The lowest BCUT2D eigenvalue weighted by Gasteiger charge is -2.15. The van der Waals surface area contributed by atoms with Gasteiger partial charge in [0.25, 0.3) is 0 Å². The topological polar surface area (TPSA) is 75.0 Å². The van der Waals surface area contributed by atoms with Crippen molar-refractivity contribution in [3.05, 3.63) is 24.4 Å². The third kappa shape index (κ3) is 5.15. The number of aliphatic hydroxyl groups is 1. The molecule has 1 rings (SSSR count). The van der Waals surface area contributed by atoms with Gasteiger partial charge in [-0.15, -0.1) is 0 Å². The fourth-order valence-electron chi connectivity index (χ4n) is 1.04. The lowest BCUT2D eigenvalue weighted by Crippen LogP contribution is -2.16. The van der Waals surface area contributed by atoms with Gasteiger partial charge >= 0.3 is 6.09 Å². The maximum Gasteiger partial charge on any atom is 0.435 e. The normalized spacial score (nSPS) is 10.6. The van der Waals surface area contributed by atoms with Gasteiger partial charge < -0.3 is 9.84 Å². The summed E-state index contributed by atoms with van der Waals surface area (Å²) in [4.78, 5) is 18.9. The van der Waals surface area contributed by atoms with Crippen LogP contribution in [0.2, 0.25) is 0 Å². The highest BCUT2D eigenvalue weighted by Gasteiger charge is 2.06. The number of hydrogen-bond acceptors (Lipinski definition) is 5. The summed E-state index contributed by atoms with van der Waals surface area (Å²) in [7, 11) is 0. The van der Waals surface area contributed by atoms with E-state index in [1.165, 1.54) is 18.3 Å². The Morgan fingerprint density at radius 1 is 1.67 bits per heavy atom. The van der Waals surface area contributed by atoms with Crippen molar-refractivity contribution < 1.29 is 14.6 Å². The molecule has 0 aliphatic heterocycles. The molecule has 1 heterocycles. The number of carbonyl (C=O) groups is 1. The van der Waals surface area contributed by atoms with E-state index in [-0.39, 0.29) is 13.2 Å². The average Bonchev–Trinajstić information content (AvgIpc) is 2.40. The van der Waals surface area contributed by atoms with Gasteiger partial charge in [-0.25, -0.2) is 9.78 Å². The Kier molecular flexibility index (Phi) is 6.82. The van der Waals surface area contributed by atoms with Crippen LogP contribution in [0.4, 0.5) is 10.6 Å². The molecule has 0 atom stereocenters. The average molecular weight is 269 g/mol. The first-order chi connectivity index (χ1) is 8.77. The van der Waals surface area contributed by atoms with Crippen LogP contribution in [0.5, 0.6) is 0 Å². The van der Waals surface area contributed by atoms with Crippen molar-refractivity contribution in [2.75, 3.05) is 23.3 Å². The van der Waals surface area contributed by atoms with E-state index < -0.39 is 6.09 Å². The Hall–Kier alpha value is -1.60. The molecule has 1 aromatic heterocycles. The Morgan fingerprint density at radius 2 is 2.50 bits per heavy atom. The summed E-state index contributed by atoms with van der Waals surface area (Å²) in [6.07, 6.45) is 2.32. The van der Waals surface area contributed by atoms with E-state index in [0.717, 1.165) is 0 Å². The first kappa shape index (κ1) is 14.5. The molecular formula is C11H15N3O3S. The van der Waals surface area contributed by atoms with Crippen molar-refractivity contribution in [1.82, 2.24) is 4.98 Å². The molecule has 6 nitrogen and oxygen atoms in total. The molecule has 98 valence electrons. The number of hydrogen-bond donors (Lipinski definition) is 1. The SMILES string of the molecule is CCOC(=O)/N=C\N(SCCO)c1ccccn1. The molecule has 0 spiro atoms. The number of amides is 1. The fourth-order valence-corrected chi connectivity index (χ4v) is 1.67. The maximum atomic E-state index is 11.1. The molecule has 0 bridgehead atoms. The molecule has 1 aromatic rings. The van der Waals surface area contributed by atoms with Crippen LogP contribution < -0.4 is 4.31 Å². The minimum atomic E-state index is -0.650. The second-order valence-electron chi connectivity index (χ2n) is 3.01. The van der Waals surface area contributed by atoms with Crippen molar-refractivity contribution >= 4 is 30.2 Å². The number of anilines is 1. The minimum absolute atomic E-state index is 0.0290. The first-order valence-corrected chi connectivity index (χ1v) is 6.37. The molecule has 0 saturated heterocycles. The Bertz CT molecular complexity index is 386. The van der Waals surface area contributed by atoms with Crippen LogP contribution in [0.3, 0.4) is 0 Å². The van der Waals surface area contributed by atoms with Crippen LogP contribution in [-0.4, -0.2) is 41.5 Å². The van der Waals surface area contributed by atoms with E-state index in [0.29, 0.717) is 11.6 Å². The second kappa shape index (κ2) is 8.48. The van der Waals surface area contributed by atoms with E-state index in [1.807, 2.05) is 6.07 Å². The molecular weight excluding hydrogens is 254 g/mol. The zero-order valence-corrected chi connectivity index (χ0v) is 10.8. The van der Waals surface area contributed by atoms with Gasteiger partial charge in [0.05, 0.1) is 13.2 Å². The number of aromatic nitrogens is 1. The number of aliphatic hydroxyl groups excluding tert-OH is 1. The van der Waals surface area contributed by atoms with E-state index in [1.54, 1.807) is 29.6 Å². The van der Waals surface area contributed by atoms with Crippen LogP contribution >= 0.6 is 11.9 Å². The zero-order chi connectivity index (χ0) is 13.2. The Labute approximate surface area is 110 Å². The van der Waals surface area contributed by atoms with E-state index >= 15 is 0 Å². The third-order valence-electron chi connectivity index (χ3n) is 1.73.